The van der Waals surface area contributed by atoms with Gasteiger partial charge < -0.3 is 15.5 Å². The fraction of sp³-hybridized carbons (Fsp3) is 0.429. The molecule has 0 atom stereocenters. The molecular weight excluding hydrogens is 158 g/mol. The van der Waals surface area contributed by atoms with Crippen LogP contribution >= 0.6 is 0 Å². The van der Waals surface area contributed by atoms with Gasteiger partial charge in [0.15, 0.2) is 6.29 Å². The maximum Gasteiger partial charge on any atom is 0.193 e. The Bertz CT molecular complexity index is 209. The number of nitrogens with one attached hydrogen (secondary N) is 1. The van der Waals surface area contributed by atoms with E-state index in [0.29, 0.717) is 5.84 Å². The third kappa shape index (κ3) is 3.27. The number of aliphatic hydroxyl groups is 2. The molecule has 0 spiro atoms. The van der Waals surface area contributed by atoms with Gasteiger partial charge in [0.2, 0.25) is 0 Å². The number of aliphatic hydroxyl groups excluding tert-OH is 1. The van der Waals surface area contributed by atoms with E-state index in [1.807, 2.05) is 0 Å². The highest BCUT2D eigenvalue weighted by Crippen LogP contribution is 1.95. The SMILES string of the molecule is C=NC(C=C(NC)C(O)O)=NC. The number of aliphatic imine (C=N–C) groups is 2. The lowest BCUT2D eigenvalue weighted by molar-refractivity contribution is -0.0120. The van der Waals surface area contributed by atoms with Crippen LogP contribution in [0.25, 0.3) is 0 Å². The monoisotopic (exact) mass is 171 g/mol. The normalized spacial score (nSPS) is 13.4. The van der Waals surface area contributed by atoms with Crippen molar-refractivity contribution in [3.63, 3.8) is 0 Å². The van der Waals surface area contributed by atoms with Gasteiger partial charge in [-0.3, -0.25) is 4.99 Å². The molecule has 0 amide bonds. The predicted molar refractivity (Wildman–Crippen MR) is 48.3 cm³/mol. The highest BCUT2D eigenvalue weighted by atomic mass is 16.5. The highest BCUT2D eigenvalue weighted by Gasteiger charge is 2.04. The van der Waals surface area contributed by atoms with Crippen molar-refractivity contribution < 1.29 is 10.2 Å². The largest absolute Gasteiger partial charge is 0.387 e. The predicted octanol–water partition coefficient (Wildman–Crippen LogP) is -0.871. The zero-order valence-corrected chi connectivity index (χ0v) is 7.15. The summed E-state index contributed by atoms with van der Waals surface area (Å²) >= 11 is 0. The van der Waals surface area contributed by atoms with Crippen LogP contribution in [0.3, 0.4) is 0 Å². The van der Waals surface area contributed by atoms with Crippen molar-refractivity contribution in [2.24, 2.45) is 9.98 Å². The summed E-state index contributed by atoms with van der Waals surface area (Å²) in [5.41, 5.74) is 0.225. The van der Waals surface area contributed by atoms with Gasteiger partial charge in [0, 0.05) is 20.2 Å². The molecule has 0 aliphatic heterocycles. The fourth-order valence-corrected chi connectivity index (χ4v) is 0.596. The second-order valence-electron chi connectivity index (χ2n) is 1.96. The summed E-state index contributed by atoms with van der Waals surface area (Å²) in [6.45, 7) is 3.26. The molecule has 0 bridgehead atoms. The lowest BCUT2D eigenvalue weighted by Gasteiger charge is -2.07. The molecule has 0 saturated carbocycles. The molecule has 0 unspecified atom stereocenters. The summed E-state index contributed by atoms with van der Waals surface area (Å²) < 4.78 is 0. The van der Waals surface area contributed by atoms with Gasteiger partial charge in [-0.2, -0.15) is 0 Å². The van der Waals surface area contributed by atoms with Crippen LogP contribution in [0.15, 0.2) is 21.8 Å². The zero-order chi connectivity index (χ0) is 9.56. The molecule has 0 aromatic heterocycles. The Morgan fingerprint density at radius 3 is 2.42 bits per heavy atom. The molecule has 3 N–H and O–H groups in total. The maximum absolute atomic E-state index is 8.76. The van der Waals surface area contributed by atoms with E-state index in [1.165, 1.54) is 13.1 Å². The number of likely N-dealkylation sites (N-methyl/N-ethyl adjacent to an activating group) is 1. The molecule has 0 heterocycles. The summed E-state index contributed by atoms with van der Waals surface area (Å²) in [6.07, 6.45) is -0.147. The smallest absolute Gasteiger partial charge is 0.193 e. The molecule has 0 aromatic carbocycles. The minimum atomic E-state index is -1.55. The molecule has 0 saturated heterocycles. The summed E-state index contributed by atoms with van der Waals surface area (Å²) in [6, 6.07) is 0. The van der Waals surface area contributed by atoms with Crippen LogP contribution in [0.2, 0.25) is 0 Å². The van der Waals surface area contributed by atoms with Gasteiger partial charge >= 0.3 is 0 Å². The molecule has 0 radical (unpaired) electrons. The van der Waals surface area contributed by atoms with Gasteiger partial charge in [0.05, 0.1) is 5.70 Å². The van der Waals surface area contributed by atoms with Crippen LogP contribution in [0.5, 0.6) is 0 Å². The number of hydrogen-bond donors (Lipinski definition) is 3. The Kier molecular flexibility index (Phi) is 4.91. The first-order chi connectivity index (χ1) is 5.65. The van der Waals surface area contributed by atoms with Crippen LogP contribution in [0, 0.1) is 0 Å². The quantitative estimate of drug-likeness (QED) is 0.293. The lowest BCUT2D eigenvalue weighted by atomic mass is 10.3. The molecule has 68 valence electrons. The fourth-order valence-electron chi connectivity index (χ4n) is 0.596. The van der Waals surface area contributed by atoms with Crippen molar-refractivity contribution in [3.8, 4) is 0 Å². The molecule has 12 heavy (non-hydrogen) atoms. The Morgan fingerprint density at radius 1 is 1.58 bits per heavy atom. The summed E-state index contributed by atoms with van der Waals surface area (Å²) in [5.74, 6) is 0.340. The lowest BCUT2D eigenvalue weighted by Crippen LogP contribution is -2.21. The molecule has 0 fully saturated rings. The van der Waals surface area contributed by atoms with Crippen LogP contribution in [0.1, 0.15) is 0 Å². The van der Waals surface area contributed by atoms with Crippen LogP contribution < -0.4 is 5.32 Å². The Balaban J connectivity index is 4.57. The number of amidine groups is 1. The van der Waals surface area contributed by atoms with E-state index in [2.05, 4.69) is 22.0 Å². The van der Waals surface area contributed by atoms with E-state index in [1.54, 1.807) is 7.05 Å². The molecule has 0 aromatic rings. The maximum atomic E-state index is 8.76. The first-order valence-electron chi connectivity index (χ1n) is 3.34. The number of nitrogens with zero attached hydrogens (tertiary/aromatic N) is 2. The second kappa shape index (κ2) is 5.45. The third-order valence-electron chi connectivity index (χ3n) is 1.24. The van der Waals surface area contributed by atoms with Crippen molar-refractivity contribution in [1.82, 2.24) is 5.32 Å². The Labute approximate surface area is 71.2 Å². The topological polar surface area (TPSA) is 77.2 Å². The molecule has 5 nitrogen and oxygen atoms in total. The average molecular weight is 171 g/mol. The summed E-state index contributed by atoms with van der Waals surface area (Å²) in [7, 11) is 3.11. The first-order valence-corrected chi connectivity index (χ1v) is 3.34. The van der Waals surface area contributed by atoms with Crippen molar-refractivity contribution in [2.75, 3.05) is 14.1 Å². The van der Waals surface area contributed by atoms with E-state index in [9.17, 15) is 0 Å². The third-order valence-corrected chi connectivity index (χ3v) is 1.24. The van der Waals surface area contributed by atoms with E-state index in [4.69, 9.17) is 10.2 Å². The van der Waals surface area contributed by atoms with E-state index < -0.39 is 6.29 Å². The van der Waals surface area contributed by atoms with Crippen molar-refractivity contribution >= 4 is 12.6 Å². The zero-order valence-electron chi connectivity index (χ0n) is 7.15. The first kappa shape index (κ1) is 10.8. The van der Waals surface area contributed by atoms with Crippen molar-refractivity contribution in [2.45, 2.75) is 6.29 Å². The van der Waals surface area contributed by atoms with Crippen LogP contribution in [-0.4, -0.2) is 43.2 Å². The van der Waals surface area contributed by atoms with Gasteiger partial charge in [-0.05, 0) is 6.72 Å². The minimum Gasteiger partial charge on any atom is -0.387 e. The van der Waals surface area contributed by atoms with E-state index >= 15 is 0 Å². The second-order valence-corrected chi connectivity index (χ2v) is 1.96. The molecule has 0 aliphatic carbocycles. The molecular formula is C7H13N3O2. The van der Waals surface area contributed by atoms with Gasteiger partial charge in [0.1, 0.15) is 5.84 Å². The highest BCUT2D eigenvalue weighted by molar-refractivity contribution is 5.96. The van der Waals surface area contributed by atoms with Crippen molar-refractivity contribution in [3.05, 3.63) is 11.8 Å². The minimum absolute atomic E-state index is 0.225. The molecule has 0 aliphatic rings. The van der Waals surface area contributed by atoms with Gasteiger partial charge in [-0.1, -0.05) is 0 Å². The summed E-state index contributed by atoms with van der Waals surface area (Å²) in [5, 5.41) is 20.1. The Morgan fingerprint density at radius 2 is 2.17 bits per heavy atom. The van der Waals surface area contributed by atoms with Crippen LogP contribution in [0.4, 0.5) is 0 Å². The standard InChI is InChI=1S/C7H13N3O2/c1-8-5(7(11)12)4-6(9-2)10-3/h4,7-8,11-12H,2H2,1,3H3. The van der Waals surface area contributed by atoms with E-state index in [-0.39, 0.29) is 5.70 Å². The van der Waals surface area contributed by atoms with Gasteiger partial charge in [0.25, 0.3) is 0 Å². The van der Waals surface area contributed by atoms with Gasteiger partial charge in [-0.25, -0.2) is 4.99 Å². The Hall–Kier alpha value is -1.20. The number of rotatable bonds is 3. The number of hydrogen-bond acceptors (Lipinski definition) is 4. The molecule has 0 rings (SSSR count). The van der Waals surface area contributed by atoms with Crippen LogP contribution in [-0.2, 0) is 0 Å². The van der Waals surface area contributed by atoms with Gasteiger partial charge in [-0.15, -0.1) is 0 Å². The average Bonchev–Trinajstić information content (AvgIpc) is 2.06. The van der Waals surface area contributed by atoms with Crippen molar-refractivity contribution in [1.29, 1.82) is 0 Å². The molecule has 5 heteroatoms. The summed E-state index contributed by atoms with van der Waals surface area (Å²) in [4.78, 5) is 7.26. The van der Waals surface area contributed by atoms with E-state index in [0.717, 1.165) is 0 Å².